The van der Waals surface area contributed by atoms with Gasteiger partial charge in [-0.15, -0.1) is 12.4 Å². The highest BCUT2D eigenvalue weighted by atomic mass is 35.5. The monoisotopic (exact) mass is 306 g/mol. The number of methoxy groups -OCH3 is 1. The predicted octanol–water partition coefficient (Wildman–Crippen LogP) is 3.22. The fourth-order valence-corrected chi connectivity index (χ4v) is 1.77. The van der Waals surface area contributed by atoms with E-state index >= 15 is 0 Å². The van der Waals surface area contributed by atoms with Crippen molar-refractivity contribution < 1.29 is 9.53 Å². The number of carbonyl (C=O) groups is 1. The van der Waals surface area contributed by atoms with Crippen molar-refractivity contribution in [3.05, 3.63) is 22.7 Å². The molecular weight excluding hydrogens is 287 g/mol. The molecule has 0 atom stereocenters. The number of carbonyl (C=O) groups excluding carboxylic acids is 1. The Morgan fingerprint density at radius 2 is 2.11 bits per heavy atom. The molecule has 0 heterocycles. The van der Waals surface area contributed by atoms with Crippen LogP contribution in [0.25, 0.3) is 0 Å². The minimum atomic E-state index is -0.109. The number of amides is 1. The van der Waals surface area contributed by atoms with Gasteiger partial charge in [-0.25, -0.2) is 0 Å². The summed E-state index contributed by atoms with van der Waals surface area (Å²) >= 11 is 5.94. The van der Waals surface area contributed by atoms with Gasteiger partial charge >= 0.3 is 0 Å². The van der Waals surface area contributed by atoms with Gasteiger partial charge in [0.2, 0.25) is 0 Å². The molecule has 0 saturated carbocycles. The molecule has 0 fully saturated rings. The highest BCUT2D eigenvalue weighted by Crippen LogP contribution is 2.29. The van der Waals surface area contributed by atoms with E-state index in [9.17, 15) is 4.79 Å². The van der Waals surface area contributed by atoms with Gasteiger partial charge in [-0.2, -0.15) is 0 Å². The van der Waals surface area contributed by atoms with Crippen LogP contribution in [0.5, 0.6) is 5.75 Å². The zero-order valence-electron chi connectivity index (χ0n) is 11.4. The van der Waals surface area contributed by atoms with Gasteiger partial charge in [0, 0.05) is 19.7 Å². The topological polar surface area (TPSA) is 55.6 Å². The lowest BCUT2D eigenvalue weighted by molar-refractivity contribution is 0.0790. The smallest absolute Gasteiger partial charge is 0.257 e. The van der Waals surface area contributed by atoms with Gasteiger partial charge in [0.1, 0.15) is 5.75 Å². The van der Waals surface area contributed by atoms with Gasteiger partial charge in [-0.1, -0.05) is 24.9 Å². The fraction of sp³-hybridized carbons (Fsp3) is 0.462. The fourth-order valence-electron chi connectivity index (χ4n) is 1.61. The first-order valence-electron chi connectivity index (χ1n) is 5.89. The number of hydrogen-bond donors (Lipinski definition) is 1. The maximum Gasteiger partial charge on any atom is 0.257 e. The van der Waals surface area contributed by atoms with Gasteiger partial charge in [0.25, 0.3) is 5.91 Å². The van der Waals surface area contributed by atoms with Gasteiger partial charge in [-0.3, -0.25) is 4.79 Å². The molecule has 0 saturated heterocycles. The molecular formula is C13H20Cl2N2O2. The number of rotatable bonds is 5. The van der Waals surface area contributed by atoms with E-state index < -0.39 is 0 Å². The minimum absolute atomic E-state index is 0. The molecule has 0 aliphatic heterocycles. The van der Waals surface area contributed by atoms with Crippen LogP contribution >= 0.6 is 24.0 Å². The maximum atomic E-state index is 12.2. The van der Waals surface area contributed by atoms with Crippen LogP contribution < -0.4 is 10.5 Å². The third-order valence-electron chi connectivity index (χ3n) is 2.74. The molecule has 108 valence electrons. The molecule has 1 aromatic rings. The lowest BCUT2D eigenvalue weighted by atomic mass is 10.1. The van der Waals surface area contributed by atoms with Crippen molar-refractivity contribution in [2.45, 2.75) is 19.8 Å². The Hall–Kier alpha value is -1.13. The maximum absolute atomic E-state index is 12.2. The second kappa shape index (κ2) is 8.12. The molecule has 1 aromatic carbocycles. The molecule has 0 spiro atoms. The van der Waals surface area contributed by atoms with Crippen molar-refractivity contribution in [1.82, 2.24) is 4.90 Å². The summed E-state index contributed by atoms with van der Waals surface area (Å²) in [5.41, 5.74) is 6.53. The largest absolute Gasteiger partial charge is 0.496 e. The lowest BCUT2D eigenvalue weighted by Gasteiger charge is -2.19. The molecule has 4 nitrogen and oxygen atoms in total. The molecule has 1 amide bonds. The Morgan fingerprint density at radius 1 is 1.47 bits per heavy atom. The van der Waals surface area contributed by atoms with E-state index in [1.165, 1.54) is 7.11 Å². The highest BCUT2D eigenvalue weighted by Gasteiger charge is 2.18. The van der Waals surface area contributed by atoms with Gasteiger partial charge in [0.05, 0.1) is 23.4 Å². The quantitative estimate of drug-likeness (QED) is 0.850. The van der Waals surface area contributed by atoms with E-state index in [1.807, 2.05) is 0 Å². The van der Waals surface area contributed by atoms with Crippen molar-refractivity contribution in [2.75, 3.05) is 26.4 Å². The first-order chi connectivity index (χ1) is 8.51. The number of hydrogen-bond acceptors (Lipinski definition) is 3. The summed E-state index contributed by atoms with van der Waals surface area (Å²) < 4.78 is 5.17. The number of unbranched alkanes of at least 4 members (excludes halogenated alkanes) is 1. The van der Waals surface area contributed by atoms with Crippen molar-refractivity contribution in [1.29, 1.82) is 0 Å². The Balaban J connectivity index is 0.00000324. The number of anilines is 1. The SMILES string of the molecule is CCCCN(C)C(=O)c1cc(Cl)c(N)cc1OC.Cl. The van der Waals surface area contributed by atoms with Crippen LogP contribution in [0.3, 0.4) is 0 Å². The van der Waals surface area contributed by atoms with Crippen molar-refractivity contribution in [3.63, 3.8) is 0 Å². The number of nitrogen functional groups attached to an aromatic ring is 1. The van der Waals surface area contributed by atoms with Crippen LogP contribution in [0.4, 0.5) is 5.69 Å². The average Bonchev–Trinajstić information content (AvgIpc) is 2.37. The third-order valence-corrected chi connectivity index (χ3v) is 3.07. The van der Waals surface area contributed by atoms with Gasteiger partial charge < -0.3 is 15.4 Å². The number of ether oxygens (including phenoxy) is 1. The second-order valence-electron chi connectivity index (χ2n) is 4.15. The summed E-state index contributed by atoms with van der Waals surface area (Å²) in [4.78, 5) is 13.9. The zero-order valence-corrected chi connectivity index (χ0v) is 13.0. The average molecular weight is 307 g/mol. The van der Waals surface area contributed by atoms with Crippen molar-refractivity contribution in [3.8, 4) is 5.75 Å². The van der Waals surface area contributed by atoms with E-state index in [2.05, 4.69) is 6.92 Å². The lowest BCUT2D eigenvalue weighted by Crippen LogP contribution is -2.28. The molecule has 1 rings (SSSR count). The number of benzene rings is 1. The minimum Gasteiger partial charge on any atom is -0.496 e. The first kappa shape index (κ1) is 17.9. The molecule has 2 N–H and O–H groups in total. The van der Waals surface area contributed by atoms with Crippen molar-refractivity contribution in [2.24, 2.45) is 0 Å². The van der Waals surface area contributed by atoms with Crippen LogP contribution in [0.15, 0.2) is 12.1 Å². The Morgan fingerprint density at radius 3 is 2.63 bits per heavy atom. The molecule has 0 radical (unpaired) electrons. The summed E-state index contributed by atoms with van der Waals surface area (Å²) in [6, 6.07) is 3.13. The van der Waals surface area contributed by atoms with Crippen LogP contribution in [0.2, 0.25) is 5.02 Å². The third kappa shape index (κ3) is 4.48. The number of halogens is 2. The summed E-state index contributed by atoms with van der Waals surface area (Å²) in [7, 11) is 3.27. The van der Waals surface area contributed by atoms with Crippen LogP contribution in [-0.4, -0.2) is 31.5 Å². The van der Waals surface area contributed by atoms with Gasteiger partial charge in [-0.05, 0) is 12.5 Å². The highest BCUT2D eigenvalue weighted by molar-refractivity contribution is 6.33. The van der Waals surface area contributed by atoms with E-state index in [1.54, 1.807) is 24.1 Å². The molecule has 0 aromatic heterocycles. The summed E-state index contributed by atoms with van der Waals surface area (Å²) in [5.74, 6) is 0.340. The Bertz CT molecular complexity index is 439. The summed E-state index contributed by atoms with van der Waals surface area (Å²) in [6.45, 7) is 2.79. The van der Waals surface area contributed by atoms with E-state index in [0.717, 1.165) is 12.8 Å². The Kier molecular flexibility index (Phi) is 7.64. The molecule has 0 unspecified atom stereocenters. The molecule has 0 aliphatic carbocycles. The standard InChI is InChI=1S/C13H19ClN2O2.ClH/c1-4-5-6-16(2)13(17)9-7-10(14)11(15)8-12(9)18-3;/h7-8H,4-6,15H2,1-3H3;1H. The zero-order chi connectivity index (χ0) is 13.7. The van der Waals surface area contributed by atoms with Crippen molar-refractivity contribution >= 4 is 35.6 Å². The first-order valence-corrected chi connectivity index (χ1v) is 6.27. The van der Waals surface area contributed by atoms with Crippen LogP contribution in [-0.2, 0) is 0 Å². The summed E-state index contributed by atoms with van der Waals surface area (Å²) in [6.07, 6.45) is 2.00. The van der Waals surface area contributed by atoms with E-state index in [4.69, 9.17) is 22.1 Å². The van der Waals surface area contributed by atoms with Gasteiger partial charge in [0.15, 0.2) is 0 Å². The molecule has 0 aliphatic rings. The van der Waals surface area contributed by atoms with Crippen LogP contribution in [0, 0.1) is 0 Å². The molecule has 0 bridgehead atoms. The second-order valence-corrected chi connectivity index (χ2v) is 4.56. The van der Waals surface area contributed by atoms with E-state index in [-0.39, 0.29) is 18.3 Å². The summed E-state index contributed by atoms with van der Waals surface area (Å²) in [5, 5.41) is 0.364. The molecule has 6 heteroatoms. The normalized spacial score (nSPS) is 9.68. The Labute approximate surface area is 125 Å². The van der Waals surface area contributed by atoms with E-state index in [0.29, 0.717) is 28.6 Å². The molecule has 19 heavy (non-hydrogen) atoms. The van der Waals surface area contributed by atoms with Crippen LogP contribution in [0.1, 0.15) is 30.1 Å². The number of nitrogens with zero attached hydrogens (tertiary/aromatic N) is 1. The number of nitrogens with two attached hydrogens (primary N) is 1. The predicted molar refractivity (Wildman–Crippen MR) is 81.5 cm³/mol.